The van der Waals surface area contributed by atoms with Crippen LogP contribution < -0.4 is 5.46 Å². The third kappa shape index (κ3) is 3.16. The molecule has 4 nitrogen and oxygen atoms in total. The molecule has 2 radical (unpaired) electrons. The average Bonchev–Trinajstić information content (AvgIpc) is 2.97. The summed E-state index contributed by atoms with van der Waals surface area (Å²) < 4.78 is 5.78. The van der Waals surface area contributed by atoms with Crippen molar-refractivity contribution in [2.45, 2.75) is 58.2 Å². The molecule has 0 spiro atoms. The van der Waals surface area contributed by atoms with E-state index in [1.807, 2.05) is 31.2 Å². The van der Waals surface area contributed by atoms with Crippen LogP contribution in [0.4, 0.5) is 0 Å². The van der Waals surface area contributed by atoms with Crippen LogP contribution in [0.5, 0.6) is 0 Å². The maximum Gasteiger partial charge on any atom is 0.180 e. The van der Waals surface area contributed by atoms with E-state index in [1.54, 1.807) is 27.7 Å². The number of rotatable bonds is 3. The van der Waals surface area contributed by atoms with Gasteiger partial charge in [-0.25, -0.2) is 4.98 Å². The van der Waals surface area contributed by atoms with Gasteiger partial charge in [0.05, 0.1) is 5.69 Å². The van der Waals surface area contributed by atoms with Gasteiger partial charge in [-0.05, 0) is 34.1 Å². The van der Waals surface area contributed by atoms with E-state index < -0.39 is 17.1 Å². The van der Waals surface area contributed by atoms with Crippen LogP contribution in [0.2, 0.25) is 0 Å². The normalized spacial score (nSPS) is 19.7. The number of Topliss-reactive ketones (excluding diaryl/α,β-unsaturated/α-hetero) is 2. The molecule has 0 atom stereocenters. The van der Waals surface area contributed by atoms with E-state index in [4.69, 9.17) is 17.6 Å². The second-order valence-electron chi connectivity index (χ2n) is 7.59. The molecule has 1 aliphatic rings. The van der Waals surface area contributed by atoms with Gasteiger partial charge in [-0.2, -0.15) is 0 Å². The standard InChI is InChI=1S/C20H22BNO3S/c1-6-13-15(22-18(26-13)11-7-9-12(21)10-8-11)14-16(23)19(2,3)25-20(4,5)17(14)24/h7-10,14H,6H2,1-5H3. The van der Waals surface area contributed by atoms with Crippen molar-refractivity contribution in [1.82, 2.24) is 4.98 Å². The molecule has 0 saturated carbocycles. The maximum absolute atomic E-state index is 13.0. The molecule has 6 heteroatoms. The number of hydrogen-bond acceptors (Lipinski definition) is 5. The molecule has 0 aliphatic carbocycles. The van der Waals surface area contributed by atoms with Gasteiger partial charge >= 0.3 is 0 Å². The Labute approximate surface area is 159 Å². The molecule has 0 N–H and O–H groups in total. The summed E-state index contributed by atoms with van der Waals surface area (Å²) in [4.78, 5) is 31.7. The van der Waals surface area contributed by atoms with Crippen molar-refractivity contribution in [2.75, 3.05) is 0 Å². The third-order valence-corrected chi connectivity index (χ3v) is 5.97. The largest absolute Gasteiger partial charge is 0.354 e. The van der Waals surface area contributed by atoms with E-state index >= 15 is 0 Å². The van der Waals surface area contributed by atoms with Gasteiger partial charge in [0.25, 0.3) is 0 Å². The summed E-state index contributed by atoms with van der Waals surface area (Å²) in [5, 5.41) is 0.791. The van der Waals surface area contributed by atoms with Crippen molar-refractivity contribution in [1.29, 1.82) is 0 Å². The van der Waals surface area contributed by atoms with Crippen LogP contribution >= 0.6 is 11.3 Å². The van der Waals surface area contributed by atoms with Gasteiger partial charge in [0.2, 0.25) is 0 Å². The zero-order valence-corrected chi connectivity index (χ0v) is 16.6. The number of hydrogen-bond donors (Lipinski definition) is 0. The van der Waals surface area contributed by atoms with Crippen LogP contribution in [-0.2, 0) is 20.7 Å². The van der Waals surface area contributed by atoms with Gasteiger partial charge in [-0.15, -0.1) is 11.3 Å². The number of ether oxygens (including phenoxy) is 1. The number of thiazole rings is 1. The Morgan fingerprint density at radius 1 is 1.08 bits per heavy atom. The number of carbonyl (C=O) groups is 2. The molecule has 134 valence electrons. The highest BCUT2D eigenvalue weighted by Crippen LogP contribution is 2.41. The van der Waals surface area contributed by atoms with Crippen LogP contribution in [0.25, 0.3) is 10.6 Å². The van der Waals surface area contributed by atoms with Gasteiger partial charge in [0.1, 0.15) is 30.0 Å². The first-order valence-corrected chi connectivity index (χ1v) is 9.53. The van der Waals surface area contributed by atoms with Crippen molar-refractivity contribution in [3.05, 3.63) is 34.8 Å². The van der Waals surface area contributed by atoms with Crippen LogP contribution in [0.3, 0.4) is 0 Å². The van der Waals surface area contributed by atoms with Crippen LogP contribution in [-0.4, -0.2) is 35.6 Å². The summed E-state index contributed by atoms with van der Waals surface area (Å²) in [5.74, 6) is -1.35. The predicted molar refractivity (Wildman–Crippen MR) is 104 cm³/mol. The van der Waals surface area contributed by atoms with Gasteiger partial charge in [-0.1, -0.05) is 36.7 Å². The highest BCUT2D eigenvalue weighted by atomic mass is 32.1. The lowest BCUT2D eigenvalue weighted by atomic mass is 9.76. The maximum atomic E-state index is 13.0. The molecule has 0 bridgehead atoms. The molecule has 2 heterocycles. The van der Waals surface area contributed by atoms with Crippen molar-refractivity contribution >= 4 is 36.2 Å². The Balaban J connectivity index is 2.11. The van der Waals surface area contributed by atoms with E-state index in [-0.39, 0.29) is 11.6 Å². The molecular weight excluding hydrogens is 345 g/mol. The minimum atomic E-state index is -1.03. The molecule has 1 aliphatic heterocycles. The van der Waals surface area contributed by atoms with Crippen LogP contribution in [0, 0.1) is 0 Å². The molecule has 0 unspecified atom stereocenters. The summed E-state index contributed by atoms with van der Waals surface area (Å²) in [6.07, 6.45) is 0.709. The fourth-order valence-electron chi connectivity index (χ4n) is 3.39. The minimum absolute atomic E-state index is 0.231. The number of nitrogens with zero attached hydrogens (tertiary/aromatic N) is 1. The topological polar surface area (TPSA) is 56.3 Å². The van der Waals surface area contributed by atoms with E-state index in [0.29, 0.717) is 17.6 Å². The summed E-state index contributed by atoms with van der Waals surface area (Å²) >= 11 is 1.52. The molecule has 26 heavy (non-hydrogen) atoms. The van der Waals surface area contributed by atoms with Crippen LogP contribution in [0.1, 0.15) is 51.1 Å². The average molecular weight is 367 g/mol. The van der Waals surface area contributed by atoms with E-state index in [0.717, 1.165) is 15.4 Å². The number of aryl methyl sites for hydroxylation is 1. The van der Waals surface area contributed by atoms with Crippen molar-refractivity contribution in [2.24, 2.45) is 0 Å². The van der Waals surface area contributed by atoms with Gasteiger partial charge in [0, 0.05) is 10.4 Å². The lowest BCUT2D eigenvalue weighted by molar-refractivity contribution is -0.184. The first-order chi connectivity index (χ1) is 12.1. The molecule has 1 aromatic heterocycles. The second kappa shape index (κ2) is 6.43. The quantitative estimate of drug-likeness (QED) is 0.618. The molecule has 2 aromatic rings. The smallest absolute Gasteiger partial charge is 0.180 e. The lowest BCUT2D eigenvalue weighted by Gasteiger charge is -2.42. The first-order valence-electron chi connectivity index (χ1n) is 8.71. The molecule has 1 fully saturated rings. The van der Waals surface area contributed by atoms with Crippen molar-refractivity contribution in [3.63, 3.8) is 0 Å². The molecule has 3 rings (SSSR count). The SMILES string of the molecule is [B]c1ccc(-c2nc(C3C(=O)C(C)(C)OC(C)(C)C3=O)c(CC)s2)cc1. The van der Waals surface area contributed by atoms with E-state index in [9.17, 15) is 9.59 Å². The Hall–Kier alpha value is -1.79. The molecular formula is C20H22BNO3S. The number of ketones is 2. The summed E-state index contributed by atoms with van der Waals surface area (Å²) in [6.45, 7) is 8.88. The Morgan fingerprint density at radius 2 is 1.62 bits per heavy atom. The fourth-order valence-corrected chi connectivity index (χ4v) is 4.44. The molecule has 1 saturated heterocycles. The molecule has 1 aromatic carbocycles. The first kappa shape index (κ1) is 19.0. The van der Waals surface area contributed by atoms with Crippen LogP contribution in [0.15, 0.2) is 24.3 Å². The van der Waals surface area contributed by atoms with Gasteiger partial charge in [-0.3, -0.25) is 9.59 Å². The Kier molecular flexibility index (Phi) is 4.70. The Morgan fingerprint density at radius 3 is 2.12 bits per heavy atom. The number of carbonyl (C=O) groups excluding carboxylic acids is 2. The number of benzene rings is 1. The third-order valence-electron chi connectivity index (χ3n) is 4.70. The van der Waals surface area contributed by atoms with Crippen molar-refractivity contribution in [3.8, 4) is 10.6 Å². The lowest BCUT2D eigenvalue weighted by Crippen LogP contribution is -2.58. The summed E-state index contributed by atoms with van der Waals surface area (Å²) in [5.41, 5.74) is 0.120. The van der Waals surface area contributed by atoms with E-state index in [2.05, 4.69) is 0 Å². The zero-order valence-electron chi connectivity index (χ0n) is 15.8. The minimum Gasteiger partial charge on any atom is -0.354 e. The predicted octanol–water partition coefficient (Wildman–Crippen LogP) is 2.98. The summed E-state index contributed by atoms with van der Waals surface area (Å²) in [6, 6.07) is 7.44. The van der Waals surface area contributed by atoms with Gasteiger partial charge < -0.3 is 4.74 Å². The second-order valence-corrected chi connectivity index (χ2v) is 8.67. The zero-order chi connectivity index (χ0) is 19.3. The van der Waals surface area contributed by atoms with Gasteiger partial charge in [0.15, 0.2) is 11.6 Å². The number of aromatic nitrogens is 1. The summed E-state index contributed by atoms with van der Waals surface area (Å²) in [7, 11) is 5.76. The Bertz CT molecular complexity index is 842. The van der Waals surface area contributed by atoms with E-state index in [1.165, 1.54) is 11.3 Å². The fraction of sp³-hybridized carbons (Fsp3) is 0.450. The highest BCUT2D eigenvalue weighted by Gasteiger charge is 2.54. The van der Waals surface area contributed by atoms with Crippen molar-refractivity contribution < 1.29 is 14.3 Å². The highest BCUT2D eigenvalue weighted by molar-refractivity contribution is 7.15. The molecule has 0 amide bonds. The monoisotopic (exact) mass is 367 g/mol.